The van der Waals surface area contributed by atoms with Crippen LogP contribution in [-0.4, -0.2) is 60.7 Å². The summed E-state index contributed by atoms with van der Waals surface area (Å²) in [5.74, 6) is 0.207. The molecular formula is C20H29N5O. The smallest absolute Gasteiger partial charge is 0.273 e. The molecule has 0 saturated carbocycles. The number of unbranched alkanes of at least 4 members (excludes halogenated alkanes) is 1. The number of carbonyl (C=O) groups excluding carboxylic acids is 1. The molecule has 1 amide bonds. The third-order valence-electron chi connectivity index (χ3n) is 6.16. The number of amides is 1. The fourth-order valence-electron chi connectivity index (χ4n) is 4.99. The van der Waals surface area contributed by atoms with Crippen LogP contribution in [0.1, 0.15) is 36.5 Å². The van der Waals surface area contributed by atoms with Gasteiger partial charge in [-0.1, -0.05) is 31.9 Å². The normalized spacial score (nSPS) is 34.0. The van der Waals surface area contributed by atoms with Crippen LogP contribution >= 0.6 is 0 Å². The summed E-state index contributed by atoms with van der Waals surface area (Å²) >= 11 is 0. The summed E-state index contributed by atoms with van der Waals surface area (Å²) < 4.78 is 0. The molecule has 0 aliphatic carbocycles. The van der Waals surface area contributed by atoms with Gasteiger partial charge >= 0.3 is 0 Å². The van der Waals surface area contributed by atoms with E-state index in [1.54, 1.807) is 12.1 Å². The second-order valence-corrected chi connectivity index (χ2v) is 8.08. The van der Waals surface area contributed by atoms with Crippen molar-refractivity contribution in [3.05, 3.63) is 29.8 Å². The standard InChI is InChI=1S/C20H29N5O/c1-2-3-8-20-13-24-9-10-25(14-20)12-15(11-24)18(20)22-23-19(26)16-6-4-5-7-17(16)21/h4-7,15H,2-3,8-14,21H2,1H3,(H,23,26). The number of nitrogens with two attached hydrogens (primary N) is 1. The van der Waals surface area contributed by atoms with Gasteiger partial charge in [-0.15, -0.1) is 0 Å². The molecule has 0 radical (unpaired) electrons. The zero-order valence-corrected chi connectivity index (χ0v) is 15.6. The maximum atomic E-state index is 12.6. The van der Waals surface area contributed by atoms with Crippen LogP contribution in [0.3, 0.4) is 0 Å². The molecule has 1 aromatic carbocycles. The van der Waals surface area contributed by atoms with E-state index >= 15 is 0 Å². The van der Waals surface area contributed by atoms with Crippen LogP contribution in [0.15, 0.2) is 29.4 Å². The highest BCUT2D eigenvalue weighted by Crippen LogP contribution is 2.41. The summed E-state index contributed by atoms with van der Waals surface area (Å²) in [5, 5.41) is 4.72. The number of rotatable bonds is 5. The molecule has 3 N–H and O–H groups in total. The number of para-hydroxylation sites is 1. The van der Waals surface area contributed by atoms with Crippen molar-refractivity contribution in [3.8, 4) is 0 Å². The first-order chi connectivity index (χ1) is 12.6. The maximum Gasteiger partial charge on any atom is 0.273 e. The Morgan fingerprint density at radius 3 is 2.62 bits per heavy atom. The molecule has 4 bridgehead atoms. The number of hydrogen-bond acceptors (Lipinski definition) is 5. The molecule has 4 heterocycles. The second-order valence-electron chi connectivity index (χ2n) is 8.08. The third-order valence-corrected chi connectivity index (χ3v) is 6.16. The molecule has 2 atom stereocenters. The van der Waals surface area contributed by atoms with Gasteiger partial charge in [0.2, 0.25) is 0 Å². The minimum absolute atomic E-state index is 0.0865. The minimum atomic E-state index is -0.214. The molecule has 140 valence electrons. The van der Waals surface area contributed by atoms with Crippen molar-refractivity contribution in [2.75, 3.05) is 45.0 Å². The van der Waals surface area contributed by atoms with Crippen molar-refractivity contribution in [1.82, 2.24) is 15.2 Å². The Bertz CT molecular complexity index is 700. The number of nitrogens with one attached hydrogen (secondary N) is 1. The molecule has 6 nitrogen and oxygen atoms in total. The molecule has 1 aromatic rings. The van der Waals surface area contributed by atoms with Gasteiger partial charge in [0.25, 0.3) is 5.91 Å². The summed E-state index contributed by atoms with van der Waals surface area (Å²) in [6, 6.07) is 7.16. The van der Waals surface area contributed by atoms with Gasteiger partial charge in [-0.05, 0) is 18.6 Å². The van der Waals surface area contributed by atoms with Crippen LogP contribution in [0.25, 0.3) is 0 Å². The van der Waals surface area contributed by atoms with E-state index in [2.05, 4.69) is 22.1 Å². The van der Waals surface area contributed by atoms with E-state index in [-0.39, 0.29) is 11.3 Å². The topological polar surface area (TPSA) is 74.0 Å². The Balaban J connectivity index is 1.60. The van der Waals surface area contributed by atoms with Gasteiger partial charge in [-0.25, -0.2) is 5.43 Å². The van der Waals surface area contributed by atoms with E-state index in [4.69, 9.17) is 10.8 Å². The Kier molecular flexibility index (Phi) is 4.71. The van der Waals surface area contributed by atoms with E-state index in [0.717, 1.165) is 45.7 Å². The zero-order valence-electron chi connectivity index (χ0n) is 15.6. The van der Waals surface area contributed by atoms with Crippen LogP contribution in [0.5, 0.6) is 0 Å². The first kappa shape index (κ1) is 17.5. The van der Waals surface area contributed by atoms with E-state index in [0.29, 0.717) is 17.2 Å². The summed E-state index contributed by atoms with van der Waals surface area (Å²) in [5.41, 5.74) is 11.0. The summed E-state index contributed by atoms with van der Waals surface area (Å²) in [6.07, 6.45) is 3.54. The van der Waals surface area contributed by atoms with Gasteiger partial charge in [0.1, 0.15) is 0 Å². The highest BCUT2D eigenvalue weighted by molar-refractivity contribution is 6.01. The number of benzene rings is 1. The summed E-state index contributed by atoms with van der Waals surface area (Å²) in [7, 11) is 0. The van der Waals surface area contributed by atoms with Gasteiger partial charge in [0, 0.05) is 56.3 Å². The number of hydrogen-bond donors (Lipinski definition) is 2. The van der Waals surface area contributed by atoms with E-state index in [9.17, 15) is 4.79 Å². The SMILES string of the molecule is CCCCC12CN3CCN(CC(C3)C1=NNC(=O)c1ccccc1N)C2. The number of piperidine rings is 2. The molecular weight excluding hydrogens is 326 g/mol. The quantitative estimate of drug-likeness (QED) is 0.624. The lowest BCUT2D eigenvalue weighted by Gasteiger charge is -2.50. The van der Waals surface area contributed by atoms with Gasteiger partial charge < -0.3 is 15.5 Å². The first-order valence-corrected chi connectivity index (χ1v) is 9.79. The maximum absolute atomic E-state index is 12.6. The van der Waals surface area contributed by atoms with Gasteiger partial charge in [-0.3, -0.25) is 4.79 Å². The molecule has 6 heteroatoms. The van der Waals surface area contributed by atoms with Crippen LogP contribution in [0.4, 0.5) is 5.69 Å². The van der Waals surface area contributed by atoms with Crippen LogP contribution < -0.4 is 11.2 Å². The molecule has 0 spiro atoms. The highest BCUT2D eigenvalue weighted by Gasteiger charge is 2.51. The third kappa shape index (κ3) is 3.12. The largest absolute Gasteiger partial charge is 0.398 e. The van der Waals surface area contributed by atoms with Crippen molar-refractivity contribution in [2.45, 2.75) is 26.2 Å². The van der Waals surface area contributed by atoms with Crippen molar-refractivity contribution in [3.63, 3.8) is 0 Å². The van der Waals surface area contributed by atoms with E-state index in [1.807, 2.05) is 12.1 Å². The predicted molar refractivity (Wildman–Crippen MR) is 104 cm³/mol. The number of anilines is 1. The van der Waals surface area contributed by atoms with E-state index < -0.39 is 0 Å². The average Bonchev–Trinajstić information content (AvgIpc) is 2.87. The molecule has 4 aliphatic rings. The number of fused-ring (bicyclic) bond motifs is 1. The van der Waals surface area contributed by atoms with E-state index in [1.165, 1.54) is 18.6 Å². The van der Waals surface area contributed by atoms with Crippen molar-refractivity contribution >= 4 is 17.3 Å². The van der Waals surface area contributed by atoms with Crippen LogP contribution in [0.2, 0.25) is 0 Å². The Hall–Kier alpha value is -1.92. The Morgan fingerprint density at radius 1 is 1.27 bits per heavy atom. The highest BCUT2D eigenvalue weighted by atomic mass is 16.2. The van der Waals surface area contributed by atoms with Crippen molar-refractivity contribution < 1.29 is 4.79 Å². The molecule has 4 saturated heterocycles. The van der Waals surface area contributed by atoms with Crippen LogP contribution in [0, 0.1) is 11.3 Å². The fourth-order valence-corrected chi connectivity index (χ4v) is 4.99. The van der Waals surface area contributed by atoms with Gasteiger partial charge in [-0.2, -0.15) is 5.10 Å². The first-order valence-electron chi connectivity index (χ1n) is 9.79. The van der Waals surface area contributed by atoms with Crippen LogP contribution in [-0.2, 0) is 0 Å². The molecule has 5 rings (SSSR count). The molecule has 26 heavy (non-hydrogen) atoms. The van der Waals surface area contributed by atoms with Gasteiger partial charge in [0.15, 0.2) is 0 Å². The Labute approximate surface area is 155 Å². The second kappa shape index (κ2) is 7.00. The number of nitrogen functional groups attached to an aromatic ring is 1. The molecule has 4 aliphatic heterocycles. The number of hydrazone groups is 1. The number of nitrogens with zero attached hydrogens (tertiary/aromatic N) is 3. The monoisotopic (exact) mass is 355 g/mol. The summed E-state index contributed by atoms with van der Waals surface area (Å²) in [4.78, 5) is 17.8. The number of carbonyl (C=O) groups is 1. The summed E-state index contributed by atoms with van der Waals surface area (Å²) in [6.45, 7) is 8.82. The molecule has 0 aromatic heterocycles. The van der Waals surface area contributed by atoms with Gasteiger partial charge in [0.05, 0.1) is 11.3 Å². The molecule has 4 fully saturated rings. The fraction of sp³-hybridized carbons (Fsp3) is 0.600. The predicted octanol–water partition coefficient (Wildman–Crippen LogP) is 1.79. The Morgan fingerprint density at radius 2 is 1.96 bits per heavy atom. The average molecular weight is 355 g/mol. The lowest BCUT2D eigenvalue weighted by atomic mass is 9.68. The lowest BCUT2D eigenvalue weighted by molar-refractivity contribution is 0.0940. The lowest BCUT2D eigenvalue weighted by Crippen LogP contribution is -2.61. The minimum Gasteiger partial charge on any atom is -0.398 e. The van der Waals surface area contributed by atoms with Crippen molar-refractivity contribution in [2.24, 2.45) is 16.4 Å². The van der Waals surface area contributed by atoms with Crippen molar-refractivity contribution in [1.29, 1.82) is 0 Å². The molecule has 2 unspecified atom stereocenters. The zero-order chi connectivity index (χ0) is 18.1.